The van der Waals surface area contributed by atoms with Crippen molar-refractivity contribution in [3.63, 3.8) is 0 Å². The molecule has 1 fully saturated rings. The first-order valence-corrected chi connectivity index (χ1v) is 6.27. The molecule has 1 aliphatic rings. The average Bonchev–Trinajstić information content (AvgIpc) is 2.41. The van der Waals surface area contributed by atoms with Gasteiger partial charge in [-0.2, -0.15) is 0 Å². The van der Waals surface area contributed by atoms with Crippen LogP contribution in [0.5, 0.6) is 5.75 Å². The molecule has 102 valence electrons. The predicted octanol–water partition coefficient (Wildman–Crippen LogP) is 2.03. The molecule has 4 nitrogen and oxygen atoms in total. The Kier molecular flexibility index (Phi) is 4.14. The molecule has 1 aromatic rings. The summed E-state index contributed by atoms with van der Waals surface area (Å²) in [6.45, 7) is 2.81. The van der Waals surface area contributed by atoms with E-state index in [4.69, 9.17) is 4.74 Å². The van der Waals surface area contributed by atoms with Crippen molar-refractivity contribution in [3.05, 3.63) is 29.6 Å². The first kappa shape index (κ1) is 13.5. The van der Waals surface area contributed by atoms with Crippen molar-refractivity contribution < 1.29 is 18.7 Å². The Morgan fingerprint density at radius 3 is 2.63 bits per heavy atom. The number of hydrogen-bond donors (Lipinski definition) is 0. The van der Waals surface area contributed by atoms with Crippen molar-refractivity contribution in [1.82, 2.24) is 4.90 Å². The van der Waals surface area contributed by atoms with Crippen LogP contribution >= 0.6 is 0 Å². The Labute approximate surface area is 111 Å². The fourth-order valence-corrected chi connectivity index (χ4v) is 2.15. The summed E-state index contributed by atoms with van der Waals surface area (Å²) < 4.78 is 19.2. The second-order valence-electron chi connectivity index (χ2n) is 4.63. The molecular weight excluding hydrogens is 249 g/mol. The molecule has 5 heteroatoms. The van der Waals surface area contributed by atoms with Gasteiger partial charge in [-0.05, 0) is 18.2 Å². The van der Waals surface area contributed by atoms with Gasteiger partial charge in [-0.15, -0.1) is 0 Å². The monoisotopic (exact) mass is 265 g/mol. The molecule has 1 aliphatic heterocycles. The largest absolute Gasteiger partial charge is 0.487 e. The molecule has 0 spiro atoms. The predicted molar refractivity (Wildman–Crippen MR) is 67.7 cm³/mol. The van der Waals surface area contributed by atoms with Crippen LogP contribution in [0, 0.1) is 5.82 Å². The summed E-state index contributed by atoms with van der Waals surface area (Å²) in [4.78, 5) is 23.5. The smallest absolute Gasteiger partial charge is 0.219 e. The number of halogens is 1. The number of ether oxygens (including phenoxy) is 1. The van der Waals surface area contributed by atoms with Gasteiger partial charge >= 0.3 is 0 Å². The second-order valence-corrected chi connectivity index (χ2v) is 4.63. The van der Waals surface area contributed by atoms with Crippen LogP contribution in [0.25, 0.3) is 0 Å². The minimum absolute atomic E-state index is 0.0555. The highest BCUT2D eigenvalue weighted by Gasteiger charge is 2.22. The molecule has 0 atom stereocenters. The molecule has 1 saturated heterocycles. The molecule has 1 amide bonds. The van der Waals surface area contributed by atoms with Crippen LogP contribution in [0.15, 0.2) is 18.2 Å². The SMILES string of the molecule is CC(=O)N1CCC(Oc2ccc(C=O)cc2F)CC1. The number of rotatable bonds is 3. The molecule has 0 aromatic heterocycles. The Bertz CT molecular complexity index is 482. The van der Waals surface area contributed by atoms with Gasteiger partial charge in [-0.3, -0.25) is 9.59 Å². The summed E-state index contributed by atoms with van der Waals surface area (Å²) in [5.41, 5.74) is 0.288. The van der Waals surface area contributed by atoms with Gasteiger partial charge < -0.3 is 9.64 Å². The lowest BCUT2D eigenvalue weighted by molar-refractivity contribution is -0.130. The Morgan fingerprint density at radius 1 is 1.42 bits per heavy atom. The topological polar surface area (TPSA) is 46.6 Å². The van der Waals surface area contributed by atoms with Crippen LogP contribution in [0.4, 0.5) is 4.39 Å². The summed E-state index contributed by atoms with van der Waals surface area (Å²) >= 11 is 0. The maximum absolute atomic E-state index is 13.6. The first-order valence-electron chi connectivity index (χ1n) is 6.27. The van der Waals surface area contributed by atoms with E-state index in [0.29, 0.717) is 32.2 Å². The number of piperidine rings is 1. The molecule has 19 heavy (non-hydrogen) atoms. The molecule has 2 rings (SSSR count). The molecule has 0 bridgehead atoms. The Morgan fingerprint density at radius 2 is 2.11 bits per heavy atom. The highest BCUT2D eigenvalue weighted by molar-refractivity contribution is 5.75. The molecule has 0 N–H and O–H groups in total. The third-order valence-corrected chi connectivity index (χ3v) is 3.27. The number of likely N-dealkylation sites (tertiary alicyclic amines) is 1. The van der Waals surface area contributed by atoms with Gasteiger partial charge in [0.1, 0.15) is 12.4 Å². The zero-order valence-corrected chi connectivity index (χ0v) is 10.8. The van der Waals surface area contributed by atoms with E-state index in [-0.39, 0.29) is 23.3 Å². The highest BCUT2D eigenvalue weighted by atomic mass is 19.1. The van der Waals surface area contributed by atoms with Gasteiger partial charge in [0, 0.05) is 38.4 Å². The van der Waals surface area contributed by atoms with Crippen LogP contribution in [0.3, 0.4) is 0 Å². The van der Waals surface area contributed by atoms with Gasteiger partial charge in [-0.1, -0.05) is 0 Å². The minimum Gasteiger partial charge on any atom is -0.487 e. The molecular formula is C14H16FNO3. The van der Waals surface area contributed by atoms with E-state index in [2.05, 4.69) is 0 Å². The van der Waals surface area contributed by atoms with Crippen LogP contribution in [0.2, 0.25) is 0 Å². The number of nitrogens with zero attached hydrogens (tertiary/aromatic N) is 1. The maximum atomic E-state index is 13.6. The molecule has 0 aliphatic carbocycles. The number of amides is 1. The van der Waals surface area contributed by atoms with E-state index in [1.807, 2.05) is 0 Å². The highest BCUT2D eigenvalue weighted by Crippen LogP contribution is 2.22. The van der Waals surface area contributed by atoms with Gasteiger partial charge in [0.2, 0.25) is 5.91 Å². The fraction of sp³-hybridized carbons (Fsp3) is 0.429. The van der Waals surface area contributed by atoms with Crippen molar-refractivity contribution >= 4 is 12.2 Å². The number of carbonyl (C=O) groups excluding carboxylic acids is 2. The van der Waals surface area contributed by atoms with Crippen molar-refractivity contribution in [3.8, 4) is 5.75 Å². The van der Waals surface area contributed by atoms with Crippen molar-refractivity contribution in [2.24, 2.45) is 0 Å². The van der Waals surface area contributed by atoms with Gasteiger partial charge in [0.15, 0.2) is 11.6 Å². The number of hydrogen-bond acceptors (Lipinski definition) is 3. The molecule has 1 heterocycles. The number of benzene rings is 1. The van der Waals surface area contributed by atoms with E-state index in [1.165, 1.54) is 12.1 Å². The summed E-state index contributed by atoms with van der Waals surface area (Å²) in [6, 6.07) is 4.15. The van der Waals surface area contributed by atoms with E-state index < -0.39 is 5.82 Å². The van der Waals surface area contributed by atoms with Crippen molar-refractivity contribution in [2.45, 2.75) is 25.9 Å². The normalized spacial score (nSPS) is 16.2. The number of aldehydes is 1. The minimum atomic E-state index is -0.529. The molecule has 1 aromatic carbocycles. The van der Waals surface area contributed by atoms with E-state index in [0.717, 1.165) is 6.07 Å². The molecule has 0 saturated carbocycles. The van der Waals surface area contributed by atoms with Crippen LogP contribution in [0.1, 0.15) is 30.1 Å². The zero-order chi connectivity index (χ0) is 13.8. The first-order chi connectivity index (χ1) is 9.10. The van der Waals surface area contributed by atoms with E-state index in [9.17, 15) is 14.0 Å². The summed E-state index contributed by atoms with van der Waals surface area (Å²) in [6.07, 6.45) is 1.88. The van der Waals surface area contributed by atoms with E-state index >= 15 is 0 Å². The molecule has 0 unspecified atom stereocenters. The van der Waals surface area contributed by atoms with Gasteiger partial charge in [0.25, 0.3) is 0 Å². The van der Waals surface area contributed by atoms with Crippen LogP contribution in [-0.2, 0) is 4.79 Å². The standard InChI is InChI=1S/C14H16FNO3/c1-10(18)16-6-4-12(5-7-16)19-14-3-2-11(9-17)8-13(14)15/h2-3,8-9,12H,4-7H2,1H3. The summed E-state index contributed by atoms with van der Waals surface area (Å²) in [7, 11) is 0. The average molecular weight is 265 g/mol. The maximum Gasteiger partial charge on any atom is 0.219 e. The van der Waals surface area contributed by atoms with Crippen LogP contribution in [-0.4, -0.2) is 36.3 Å². The van der Waals surface area contributed by atoms with Gasteiger partial charge in [0.05, 0.1) is 0 Å². The third-order valence-electron chi connectivity index (χ3n) is 3.27. The third kappa shape index (κ3) is 3.30. The zero-order valence-electron chi connectivity index (χ0n) is 10.8. The lowest BCUT2D eigenvalue weighted by atomic mass is 10.1. The summed E-state index contributed by atoms with van der Waals surface area (Å²) in [5.74, 6) is -0.314. The lowest BCUT2D eigenvalue weighted by Gasteiger charge is -2.31. The Balaban J connectivity index is 1.95. The van der Waals surface area contributed by atoms with Crippen molar-refractivity contribution in [1.29, 1.82) is 0 Å². The lowest BCUT2D eigenvalue weighted by Crippen LogP contribution is -2.40. The number of carbonyl (C=O) groups is 2. The summed E-state index contributed by atoms with van der Waals surface area (Å²) in [5, 5.41) is 0. The van der Waals surface area contributed by atoms with Gasteiger partial charge in [-0.25, -0.2) is 4.39 Å². The molecule has 0 radical (unpaired) electrons. The second kappa shape index (κ2) is 5.82. The van der Waals surface area contributed by atoms with Crippen LogP contribution < -0.4 is 4.74 Å². The quantitative estimate of drug-likeness (QED) is 0.786. The van der Waals surface area contributed by atoms with Crippen molar-refractivity contribution in [2.75, 3.05) is 13.1 Å². The van der Waals surface area contributed by atoms with E-state index in [1.54, 1.807) is 11.8 Å². The fourth-order valence-electron chi connectivity index (χ4n) is 2.15. The Hall–Kier alpha value is -1.91.